The Morgan fingerprint density at radius 1 is 1.55 bits per heavy atom. The van der Waals surface area contributed by atoms with Gasteiger partial charge in [0.25, 0.3) is 5.92 Å². The van der Waals surface area contributed by atoms with Crippen molar-refractivity contribution >= 4 is 9.84 Å². The zero-order chi connectivity index (χ0) is 8.70. The first-order chi connectivity index (χ1) is 4.87. The molecule has 0 aromatic carbocycles. The fraction of sp³-hybridized carbons (Fsp3) is 1.00. The molecule has 1 unspecified atom stereocenters. The van der Waals surface area contributed by atoms with Gasteiger partial charge in [-0.25, -0.2) is 17.2 Å². The number of hydrogen-bond donors (Lipinski definition) is 1. The lowest BCUT2D eigenvalue weighted by atomic mass is 10.1. The zero-order valence-electron chi connectivity index (χ0n) is 5.63. The molecule has 1 saturated heterocycles. The first-order valence-corrected chi connectivity index (χ1v) is 4.88. The van der Waals surface area contributed by atoms with Gasteiger partial charge in [-0.2, -0.15) is 0 Å². The Hall–Kier alpha value is -0.230. The molecule has 1 atom stereocenters. The summed E-state index contributed by atoms with van der Waals surface area (Å²) in [7, 11) is -3.63. The van der Waals surface area contributed by atoms with Crippen molar-refractivity contribution < 1.29 is 22.3 Å². The van der Waals surface area contributed by atoms with E-state index in [4.69, 9.17) is 5.11 Å². The molecular formula is C5H8F2O3S. The molecule has 0 aromatic rings. The zero-order valence-corrected chi connectivity index (χ0v) is 6.44. The third kappa shape index (κ3) is 1.67. The lowest BCUT2D eigenvalue weighted by Gasteiger charge is -2.12. The maximum Gasteiger partial charge on any atom is 0.267 e. The van der Waals surface area contributed by atoms with Gasteiger partial charge in [-0.05, 0) is 0 Å². The maximum absolute atomic E-state index is 12.6. The van der Waals surface area contributed by atoms with Gasteiger partial charge >= 0.3 is 0 Å². The highest BCUT2D eigenvalue weighted by Gasteiger charge is 2.51. The molecule has 1 aliphatic heterocycles. The van der Waals surface area contributed by atoms with Crippen LogP contribution in [0, 0.1) is 5.92 Å². The second-order valence-electron chi connectivity index (χ2n) is 2.70. The van der Waals surface area contributed by atoms with Crippen molar-refractivity contribution in [2.75, 3.05) is 18.1 Å². The van der Waals surface area contributed by atoms with Crippen molar-refractivity contribution in [3.05, 3.63) is 0 Å². The first kappa shape index (κ1) is 8.86. The Morgan fingerprint density at radius 3 is 2.27 bits per heavy atom. The van der Waals surface area contributed by atoms with Gasteiger partial charge in [0.05, 0.1) is 18.3 Å². The molecule has 3 nitrogen and oxygen atoms in total. The number of aliphatic hydroxyl groups is 1. The van der Waals surface area contributed by atoms with E-state index in [1.165, 1.54) is 0 Å². The van der Waals surface area contributed by atoms with Gasteiger partial charge in [0.1, 0.15) is 5.75 Å². The fourth-order valence-corrected chi connectivity index (χ4v) is 2.99. The Labute approximate surface area is 62.9 Å². The third-order valence-corrected chi connectivity index (χ3v) is 3.42. The Balaban J connectivity index is 2.88. The molecule has 0 saturated carbocycles. The number of rotatable bonds is 1. The van der Waals surface area contributed by atoms with Crippen LogP contribution in [0.1, 0.15) is 0 Å². The van der Waals surface area contributed by atoms with E-state index < -0.39 is 39.8 Å². The molecule has 0 spiro atoms. The molecule has 0 radical (unpaired) electrons. The minimum Gasteiger partial charge on any atom is -0.396 e. The molecule has 0 aliphatic carbocycles. The molecule has 1 aliphatic rings. The van der Waals surface area contributed by atoms with Gasteiger partial charge < -0.3 is 5.11 Å². The minimum absolute atomic E-state index is 0.601. The molecule has 1 heterocycles. The molecule has 6 heteroatoms. The Morgan fingerprint density at radius 2 is 2.09 bits per heavy atom. The largest absolute Gasteiger partial charge is 0.396 e. The maximum atomic E-state index is 12.6. The monoisotopic (exact) mass is 186 g/mol. The summed E-state index contributed by atoms with van der Waals surface area (Å²) >= 11 is 0. The standard InChI is InChI=1S/C5H8F2O3S/c6-5(7)3-11(9,10)2-4(5)1-8/h4,8H,1-3H2. The molecule has 0 aromatic heterocycles. The summed E-state index contributed by atoms with van der Waals surface area (Å²) in [5.74, 6) is -6.37. The lowest BCUT2D eigenvalue weighted by molar-refractivity contribution is -0.0375. The fourth-order valence-electron chi connectivity index (χ4n) is 1.08. The molecule has 66 valence electrons. The van der Waals surface area contributed by atoms with E-state index >= 15 is 0 Å². The van der Waals surface area contributed by atoms with Crippen molar-refractivity contribution in [1.82, 2.24) is 0 Å². The summed E-state index contributed by atoms with van der Waals surface area (Å²) in [5.41, 5.74) is 0. The molecule has 1 rings (SSSR count). The highest BCUT2D eigenvalue weighted by Crippen LogP contribution is 2.34. The van der Waals surface area contributed by atoms with Crippen LogP contribution in [0.2, 0.25) is 0 Å². The average Bonchev–Trinajstić information content (AvgIpc) is 1.99. The van der Waals surface area contributed by atoms with Gasteiger partial charge in [-0.3, -0.25) is 0 Å². The van der Waals surface area contributed by atoms with Crippen molar-refractivity contribution in [3.8, 4) is 0 Å². The van der Waals surface area contributed by atoms with E-state index in [0.29, 0.717) is 0 Å². The van der Waals surface area contributed by atoms with E-state index in [0.717, 1.165) is 0 Å². The average molecular weight is 186 g/mol. The predicted octanol–water partition coefficient (Wildman–Crippen LogP) is -0.341. The summed E-state index contributed by atoms with van der Waals surface area (Å²) < 4.78 is 46.4. The topological polar surface area (TPSA) is 54.4 Å². The van der Waals surface area contributed by atoms with Crippen LogP contribution in [0.4, 0.5) is 8.78 Å². The second kappa shape index (κ2) is 2.38. The molecule has 1 fully saturated rings. The quantitative estimate of drug-likeness (QED) is 0.609. The molecule has 11 heavy (non-hydrogen) atoms. The van der Waals surface area contributed by atoms with Gasteiger partial charge in [0, 0.05) is 0 Å². The smallest absolute Gasteiger partial charge is 0.267 e. The molecule has 0 amide bonds. The van der Waals surface area contributed by atoms with Crippen molar-refractivity contribution in [1.29, 1.82) is 0 Å². The summed E-state index contributed by atoms with van der Waals surface area (Å²) in [5, 5.41) is 8.39. The van der Waals surface area contributed by atoms with Crippen LogP contribution in [0.3, 0.4) is 0 Å². The number of alkyl halides is 2. The highest BCUT2D eigenvalue weighted by molar-refractivity contribution is 7.91. The van der Waals surface area contributed by atoms with Gasteiger partial charge in [-0.15, -0.1) is 0 Å². The number of hydrogen-bond acceptors (Lipinski definition) is 3. The van der Waals surface area contributed by atoms with Gasteiger partial charge in [-0.1, -0.05) is 0 Å². The van der Waals surface area contributed by atoms with Crippen molar-refractivity contribution in [2.24, 2.45) is 5.92 Å². The van der Waals surface area contributed by atoms with Crippen LogP contribution in [-0.2, 0) is 9.84 Å². The number of sulfone groups is 1. The normalized spacial score (nSPS) is 33.9. The summed E-state index contributed by atoms with van der Waals surface area (Å²) in [6.45, 7) is -0.772. The van der Waals surface area contributed by atoms with E-state index in [9.17, 15) is 17.2 Å². The molecular weight excluding hydrogens is 178 g/mol. The summed E-state index contributed by atoms with van der Waals surface area (Å²) in [6, 6.07) is 0. The predicted molar refractivity (Wildman–Crippen MR) is 34.2 cm³/mol. The second-order valence-corrected chi connectivity index (χ2v) is 4.80. The SMILES string of the molecule is O=S1(=O)CC(CO)C(F)(F)C1. The van der Waals surface area contributed by atoms with Crippen LogP contribution >= 0.6 is 0 Å². The number of aliphatic hydroxyl groups excluding tert-OH is 1. The third-order valence-electron chi connectivity index (χ3n) is 1.69. The van der Waals surface area contributed by atoms with E-state index in [1.54, 1.807) is 0 Å². The van der Waals surface area contributed by atoms with Crippen LogP contribution in [0.15, 0.2) is 0 Å². The molecule has 0 bridgehead atoms. The van der Waals surface area contributed by atoms with Crippen LogP contribution in [-0.4, -0.2) is 37.6 Å². The first-order valence-electron chi connectivity index (χ1n) is 3.06. The minimum atomic E-state index is -3.63. The Kier molecular flexibility index (Phi) is 1.92. The van der Waals surface area contributed by atoms with Crippen LogP contribution in [0.25, 0.3) is 0 Å². The van der Waals surface area contributed by atoms with E-state index in [-0.39, 0.29) is 0 Å². The van der Waals surface area contributed by atoms with Crippen LogP contribution in [0.5, 0.6) is 0 Å². The van der Waals surface area contributed by atoms with Crippen LogP contribution < -0.4 is 0 Å². The lowest BCUT2D eigenvalue weighted by Crippen LogP contribution is -2.28. The van der Waals surface area contributed by atoms with Gasteiger partial charge in [0.15, 0.2) is 9.84 Å². The molecule has 1 N–H and O–H groups in total. The number of halogens is 2. The van der Waals surface area contributed by atoms with Gasteiger partial charge in [0.2, 0.25) is 0 Å². The van der Waals surface area contributed by atoms with E-state index in [2.05, 4.69) is 0 Å². The van der Waals surface area contributed by atoms with E-state index in [1.807, 2.05) is 0 Å². The highest BCUT2D eigenvalue weighted by atomic mass is 32.2. The Bertz CT molecular complexity index is 246. The summed E-state index contributed by atoms with van der Waals surface area (Å²) in [4.78, 5) is 0. The van der Waals surface area contributed by atoms with Crippen molar-refractivity contribution in [3.63, 3.8) is 0 Å². The summed E-state index contributed by atoms with van der Waals surface area (Å²) in [6.07, 6.45) is 0. The van der Waals surface area contributed by atoms with Crippen molar-refractivity contribution in [2.45, 2.75) is 5.92 Å².